The van der Waals surface area contributed by atoms with Gasteiger partial charge in [-0.15, -0.1) is 0 Å². The Kier molecular flexibility index (Phi) is 5.71. The molecule has 1 aromatic heterocycles. The lowest BCUT2D eigenvalue weighted by Crippen LogP contribution is -2.24. The summed E-state index contributed by atoms with van der Waals surface area (Å²) in [6.07, 6.45) is 4.14. The number of aliphatic hydroxyl groups is 1. The molecule has 2 rings (SSSR count). The molecule has 0 unspecified atom stereocenters. The standard InChI is InChI=1S/C15H21N3O3/c1-18(5-6-19)4-3-7-21-15-9-13-12(8-14(15)20-2)10-16-11-17-13/h8-11,19H,3-7H2,1-2H3. The minimum atomic E-state index is 0.176. The summed E-state index contributed by atoms with van der Waals surface area (Å²) in [6.45, 7) is 2.31. The summed E-state index contributed by atoms with van der Waals surface area (Å²) in [7, 11) is 3.59. The maximum absolute atomic E-state index is 8.84. The van der Waals surface area contributed by atoms with Crippen LogP contribution in [-0.4, -0.2) is 60.4 Å². The van der Waals surface area contributed by atoms with Gasteiger partial charge in [0.15, 0.2) is 11.5 Å². The van der Waals surface area contributed by atoms with E-state index in [1.165, 1.54) is 6.33 Å². The Bertz CT molecular complexity index is 577. The van der Waals surface area contributed by atoms with Crippen molar-refractivity contribution < 1.29 is 14.6 Å². The third kappa shape index (κ3) is 4.27. The number of ether oxygens (including phenoxy) is 2. The zero-order valence-electron chi connectivity index (χ0n) is 12.5. The van der Waals surface area contributed by atoms with E-state index in [9.17, 15) is 0 Å². The van der Waals surface area contributed by atoms with Gasteiger partial charge >= 0.3 is 0 Å². The topological polar surface area (TPSA) is 67.7 Å². The fraction of sp³-hybridized carbons (Fsp3) is 0.467. The molecule has 0 atom stereocenters. The van der Waals surface area contributed by atoms with Crippen molar-refractivity contribution >= 4 is 10.9 Å². The van der Waals surface area contributed by atoms with Crippen LogP contribution in [0, 0.1) is 0 Å². The second-order valence-corrected chi connectivity index (χ2v) is 4.81. The first-order valence-corrected chi connectivity index (χ1v) is 6.94. The Morgan fingerprint density at radius 2 is 2.10 bits per heavy atom. The molecule has 0 fully saturated rings. The van der Waals surface area contributed by atoms with Crippen LogP contribution in [-0.2, 0) is 0 Å². The average molecular weight is 291 g/mol. The van der Waals surface area contributed by atoms with Crippen molar-refractivity contribution in [2.24, 2.45) is 0 Å². The van der Waals surface area contributed by atoms with Crippen LogP contribution in [0.25, 0.3) is 10.9 Å². The van der Waals surface area contributed by atoms with E-state index in [2.05, 4.69) is 14.9 Å². The lowest BCUT2D eigenvalue weighted by atomic mass is 10.2. The van der Waals surface area contributed by atoms with Crippen LogP contribution >= 0.6 is 0 Å². The van der Waals surface area contributed by atoms with Crippen LogP contribution in [0.5, 0.6) is 11.5 Å². The molecule has 1 N–H and O–H groups in total. The van der Waals surface area contributed by atoms with Gasteiger partial charge in [-0.3, -0.25) is 0 Å². The summed E-state index contributed by atoms with van der Waals surface area (Å²) in [5, 5.41) is 9.76. The van der Waals surface area contributed by atoms with Crippen molar-refractivity contribution in [3.63, 3.8) is 0 Å². The van der Waals surface area contributed by atoms with Crippen molar-refractivity contribution in [3.05, 3.63) is 24.7 Å². The number of aliphatic hydroxyl groups excluding tert-OH is 1. The lowest BCUT2D eigenvalue weighted by Gasteiger charge is -2.16. The molecule has 0 saturated heterocycles. The molecule has 6 heteroatoms. The van der Waals surface area contributed by atoms with E-state index in [0.717, 1.165) is 23.9 Å². The number of benzene rings is 1. The van der Waals surface area contributed by atoms with Crippen LogP contribution in [0.2, 0.25) is 0 Å². The number of methoxy groups -OCH3 is 1. The maximum Gasteiger partial charge on any atom is 0.163 e. The summed E-state index contributed by atoms with van der Waals surface area (Å²) < 4.78 is 11.1. The van der Waals surface area contributed by atoms with Gasteiger partial charge in [0.1, 0.15) is 6.33 Å². The molecule has 0 bridgehead atoms. The quantitative estimate of drug-likeness (QED) is 0.740. The smallest absolute Gasteiger partial charge is 0.163 e. The van der Waals surface area contributed by atoms with Crippen LogP contribution in [0.4, 0.5) is 0 Å². The molecule has 114 valence electrons. The number of hydrogen-bond donors (Lipinski definition) is 1. The second-order valence-electron chi connectivity index (χ2n) is 4.81. The highest BCUT2D eigenvalue weighted by Gasteiger charge is 2.08. The van der Waals surface area contributed by atoms with Crippen LogP contribution < -0.4 is 9.47 Å². The third-order valence-corrected chi connectivity index (χ3v) is 3.21. The van der Waals surface area contributed by atoms with Gasteiger partial charge in [-0.1, -0.05) is 0 Å². The van der Waals surface area contributed by atoms with E-state index >= 15 is 0 Å². The number of hydrogen-bond acceptors (Lipinski definition) is 6. The fourth-order valence-electron chi connectivity index (χ4n) is 2.06. The molecular formula is C15H21N3O3. The molecule has 0 saturated carbocycles. The van der Waals surface area contributed by atoms with E-state index in [-0.39, 0.29) is 6.61 Å². The van der Waals surface area contributed by atoms with E-state index < -0.39 is 0 Å². The Labute approximate surface area is 124 Å². The second kappa shape index (κ2) is 7.75. The van der Waals surface area contributed by atoms with Gasteiger partial charge in [0, 0.05) is 30.7 Å². The average Bonchev–Trinajstić information content (AvgIpc) is 2.51. The zero-order chi connectivity index (χ0) is 15.1. The number of nitrogens with zero attached hydrogens (tertiary/aromatic N) is 3. The Balaban J connectivity index is 1.97. The number of rotatable bonds is 8. The summed E-state index contributed by atoms with van der Waals surface area (Å²) in [5.41, 5.74) is 0.832. The fourth-order valence-corrected chi connectivity index (χ4v) is 2.06. The summed E-state index contributed by atoms with van der Waals surface area (Å²) >= 11 is 0. The Hall–Kier alpha value is -1.92. The summed E-state index contributed by atoms with van der Waals surface area (Å²) in [5.74, 6) is 1.37. The molecule has 2 aromatic rings. The van der Waals surface area contributed by atoms with Gasteiger partial charge in [-0.25, -0.2) is 9.97 Å². The van der Waals surface area contributed by atoms with Crippen LogP contribution in [0.1, 0.15) is 6.42 Å². The number of likely N-dealkylation sites (N-methyl/N-ethyl adjacent to an activating group) is 1. The molecule has 0 aliphatic heterocycles. The largest absolute Gasteiger partial charge is 0.493 e. The molecule has 0 aliphatic carbocycles. The highest BCUT2D eigenvalue weighted by Crippen LogP contribution is 2.31. The van der Waals surface area contributed by atoms with Crippen molar-refractivity contribution in [2.75, 3.05) is 40.5 Å². The minimum absolute atomic E-state index is 0.176. The predicted octanol–water partition coefficient (Wildman–Crippen LogP) is 1.33. The van der Waals surface area contributed by atoms with E-state index in [1.807, 2.05) is 19.2 Å². The molecule has 0 spiro atoms. The van der Waals surface area contributed by atoms with Gasteiger partial charge in [-0.2, -0.15) is 0 Å². The van der Waals surface area contributed by atoms with Crippen LogP contribution in [0.3, 0.4) is 0 Å². The van der Waals surface area contributed by atoms with Gasteiger partial charge in [0.25, 0.3) is 0 Å². The first-order valence-electron chi connectivity index (χ1n) is 6.94. The summed E-state index contributed by atoms with van der Waals surface area (Å²) in [4.78, 5) is 10.3. The van der Waals surface area contributed by atoms with E-state index in [4.69, 9.17) is 14.6 Å². The molecule has 21 heavy (non-hydrogen) atoms. The first kappa shape index (κ1) is 15.5. The normalized spacial score (nSPS) is 11.0. The molecule has 1 aromatic carbocycles. The van der Waals surface area contributed by atoms with E-state index in [1.54, 1.807) is 13.3 Å². The highest BCUT2D eigenvalue weighted by molar-refractivity contribution is 5.81. The minimum Gasteiger partial charge on any atom is -0.493 e. The molecule has 0 aliphatic rings. The number of fused-ring (bicyclic) bond motifs is 1. The Morgan fingerprint density at radius 1 is 1.24 bits per heavy atom. The maximum atomic E-state index is 8.84. The number of aromatic nitrogens is 2. The molecule has 0 amide bonds. The van der Waals surface area contributed by atoms with E-state index in [0.29, 0.717) is 24.7 Å². The first-order chi connectivity index (χ1) is 10.2. The molecular weight excluding hydrogens is 270 g/mol. The van der Waals surface area contributed by atoms with Crippen molar-refractivity contribution in [1.82, 2.24) is 14.9 Å². The third-order valence-electron chi connectivity index (χ3n) is 3.21. The van der Waals surface area contributed by atoms with Crippen molar-refractivity contribution in [3.8, 4) is 11.5 Å². The van der Waals surface area contributed by atoms with Gasteiger partial charge < -0.3 is 19.5 Å². The molecule has 1 heterocycles. The van der Waals surface area contributed by atoms with Gasteiger partial charge in [-0.05, 0) is 19.5 Å². The molecule has 0 radical (unpaired) electrons. The zero-order valence-corrected chi connectivity index (χ0v) is 12.5. The SMILES string of the molecule is COc1cc2cncnc2cc1OCCCN(C)CCO. The molecule has 6 nitrogen and oxygen atoms in total. The lowest BCUT2D eigenvalue weighted by molar-refractivity contribution is 0.206. The van der Waals surface area contributed by atoms with Gasteiger partial charge in [0.05, 0.1) is 25.8 Å². The monoisotopic (exact) mass is 291 g/mol. The Morgan fingerprint density at radius 3 is 2.86 bits per heavy atom. The predicted molar refractivity (Wildman–Crippen MR) is 80.8 cm³/mol. The van der Waals surface area contributed by atoms with Gasteiger partial charge in [0.2, 0.25) is 0 Å². The van der Waals surface area contributed by atoms with Crippen molar-refractivity contribution in [2.45, 2.75) is 6.42 Å². The van der Waals surface area contributed by atoms with Crippen LogP contribution in [0.15, 0.2) is 24.7 Å². The highest BCUT2D eigenvalue weighted by atomic mass is 16.5. The van der Waals surface area contributed by atoms with Crippen molar-refractivity contribution in [1.29, 1.82) is 0 Å². The summed E-state index contributed by atoms with van der Waals surface area (Å²) in [6, 6.07) is 3.75.